The number of piperazine rings is 1. The molecular weight excluding hydrogens is 356 g/mol. The van der Waals surface area contributed by atoms with Gasteiger partial charge in [-0.05, 0) is 31.3 Å². The van der Waals surface area contributed by atoms with Gasteiger partial charge in [-0.15, -0.1) is 0 Å². The fraction of sp³-hybridized carbons (Fsp3) is 0.667. The lowest BCUT2D eigenvalue weighted by Gasteiger charge is -2.37. The topological polar surface area (TPSA) is 57.3 Å². The molecule has 3 saturated heterocycles. The molecule has 0 aromatic heterocycles. The number of nitrogens with zero attached hydrogens (tertiary/aromatic N) is 3. The maximum Gasteiger partial charge on any atom is 0.224 e. The van der Waals surface area contributed by atoms with E-state index in [-0.39, 0.29) is 5.91 Å². The molecule has 28 heavy (non-hydrogen) atoms. The van der Waals surface area contributed by atoms with Gasteiger partial charge in [-0.3, -0.25) is 4.79 Å². The molecule has 1 spiro atoms. The second-order valence-corrected chi connectivity index (χ2v) is 8.00. The molecule has 0 unspecified atom stereocenters. The zero-order valence-electron chi connectivity index (χ0n) is 16.9. The Balaban J connectivity index is 1.18. The molecule has 3 fully saturated rings. The molecular formula is C21H32N4O3. The van der Waals surface area contributed by atoms with Gasteiger partial charge in [-0.1, -0.05) is 0 Å². The van der Waals surface area contributed by atoms with E-state index in [4.69, 9.17) is 9.47 Å². The molecule has 1 aromatic carbocycles. The van der Waals surface area contributed by atoms with Gasteiger partial charge in [0.05, 0.1) is 13.2 Å². The number of carbonyl (C=O) groups is 1. The van der Waals surface area contributed by atoms with Crippen LogP contribution in [0.2, 0.25) is 0 Å². The summed E-state index contributed by atoms with van der Waals surface area (Å²) in [6.07, 6.45) is 2.06. The van der Waals surface area contributed by atoms with Gasteiger partial charge in [-0.25, -0.2) is 0 Å². The second kappa shape index (κ2) is 8.68. The third kappa shape index (κ3) is 4.59. The van der Waals surface area contributed by atoms with Crippen LogP contribution in [0, 0.1) is 0 Å². The molecule has 3 heterocycles. The van der Waals surface area contributed by atoms with Gasteiger partial charge in [-0.2, -0.15) is 0 Å². The highest BCUT2D eigenvalue weighted by atomic mass is 16.7. The van der Waals surface area contributed by atoms with E-state index in [1.54, 1.807) is 0 Å². The van der Waals surface area contributed by atoms with E-state index in [9.17, 15) is 4.79 Å². The monoisotopic (exact) mass is 388 g/mol. The number of likely N-dealkylation sites (tertiary alicyclic amines) is 1. The molecule has 7 nitrogen and oxygen atoms in total. The number of hydrogen-bond donors (Lipinski definition) is 1. The van der Waals surface area contributed by atoms with Gasteiger partial charge in [0.2, 0.25) is 5.91 Å². The minimum Gasteiger partial charge on any atom is -0.385 e. The first kappa shape index (κ1) is 19.5. The summed E-state index contributed by atoms with van der Waals surface area (Å²) in [5, 5.41) is 3.38. The van der Waals surface area contributed by atoms with Crippen LogP contribution in [0.5, 0.6) is 0 Å². The Morgan fingerprint density at radius 2 is 1.64 bits per heavy atom. The van der Waals surface area contributed by atoms with E-state index in [2.05, 4.69) is 46.4 Å². The van der Waals surface area contributed by atoms with Crippen molar-refractivity contribution in [1.82, 2.24) is 9.80 Å². The van der Waals surface area contributed by atoms with Gasteiger partial charge in [0, 0.05) is 76.5 Å². The van der Waals surface area contributed by atoms with Crippen molar-refractivity contribution in [2.24, 2.45) is 0 Å². The Kier molecular flexibility index (Phi) is 6.04. The Bertz CT molecular complexity index is 642. The Morgan fingerprint density at radius 1 is 1.00 bits per heavy atom. The summed E-state index contributed by atoms with van der Waals surface area (Å²) in [5.41, 5.74) is 2.34. The van der Waals surface area contributed by atoms with Crippen molar-refractivity contribution in [3.05, 3.63) is 24.3 Å². The summed E-state index contributed by atoms with van der Waals surface area (Å²) in [6.45, 7) is 7.81. The maximum atomic E-state index is 12.5. The number of piperidine rings is 1. The number of anilines is 2. The minimum atomic E-state index is -0.416. The van der Waals surface area contributed by atoms with Crippen molar-refractivity contribution in [2.45, 2.75) is 25.0 Å². The van der Waals surface area contributed by atoms with Crippen molar-refractivity contribution in [3.63, 3.8) is 0 Å². The molecule has 0 aliphatic carbocycles. The van der Waals surface area contributed by atoms with Crippen molar-refractivity contribution < 1.29 is 14.3 Å². The molecule has 0 bridgehead atoms. The summed E-state index contributed by atoms with van der Waals surface area (Å²) in [4.78, 5) is 19.2. The number of ether oxygens (including phenoxy) is 2. The first-order valence-electron chi connectivity index (χ1n) is 10.5. The van der Waals surface area contributed by atoms with Crippen LogP contribution < -0.4 is 10.2 Å². The summed E-state index contributed by atoms with van der Waals surface area (Å²) < 4.78 is 11.5. The molecule has 1 amide bonds. The first-order valence-corrected chi connectivity index (χ1v) is 10.5. The zero-order chi connectivity index (χ0) is 19.4. The lowest BCUT2D eigenvalue weighted by Crippen LogP contribution is -2.47. The summed E-state index contributed by atoms with van der Waals surface area (Å²) >= 11 is 0. The molecule has 0 radical (unpaired) electrons. The van der Waals surface area contributed by atoms with Crippen molar-refractivity contribution in [3.8, 4) is 0 Å². The minimum absolute atomic E-state index is 0.203. The normalized spacial score (nSPS) is 22.6. The van der Waals surface area contributed by atoms with Crippen LogP contribution in [0.25, 0.3) is 0 Å². The quantitative estimate of drug-likeness (QED) is 0.827. The van der Waals surface area contributed by atoms with Crippen molar-refractivity contribution in [1.29, 1.82) is 0 Å². The standard InChI is InChI=1S/C21H32N4O3/c1-23-12-14-24(15-13-23)19-4-2-18(3-5-19)22-9-6-20(26)25-10-7-21(8-11-25)27-16-17-28-21/h2-5,22H,6-17H2,1H3. The number of carbonyl (C=O) groups excluding carboxylic acids is 1. The molecule has 4 rings (SSSR count). The second-order valence-electron chi connectivity index (χ2n) is 8.00. The summed E-state index contributed by atoms with van der Waals surface area (Å²) in [7, 11) is 2.17. The summed E-state index contributed by atoms with van der Waals surface area (Å²) in [5.74, 6) is -0.213. The van der Waals surface area contributed by atoms with Gasteiger partial charge in [0.1, 0.15) is 0 Å². The van der Waals surface area contributed by atoms with E-state index in [1.165, 1.54) is 5.69 Å². The molecule has 154 valence electrons. The number of benzene rings is 1. The molecule has 1 aromatic rings. The molecule has 3 aliphatic heterocycles. The number of hydrogen-bond acceptors (Lipinski definition) is 6. The van der Waals surface area contributed by atoms with Crippen LogP contribution in [-0.2, 0) is 14.3 Å². The molecule has 7 heteroatoms. The van der Waals surface area contributed by atoms with Crippen LogP contribution in [0.4, 0.5) is 11.4 Å². The van der Waals surface area contributed by atoms with Crippen LogP contribution in [0.3, 0.4) is 0 Å². The van der Waals surface area contributed by atoms with Gasteiger partial charge >= 0.3 is 0 Å². The molecule has 0 saturated carbocycles. The van der Waals surface area contributed by atoms with Crippen LogP contribution >= 0.6 is 0 Å². The van der Waals surface area contributed by atoms with Gasteiger partial charge in [0.15, 0.2) is 5.79 Å². The van der Waals surface area contributed by atoms with Crippen molar-refractivity contribution >= 4 is 17.3 Å². The molecule has 0 atom stereocenters. The van der Waals surface area contributed by atoms with Crippen LogP contribution in [0.15, 0.2) is 24.3 Å². The fourth-order valence-electron chi connectivity index (χ4n) is 4.21. The Hall–Kier alpha value is -1.83. The Labute approximate surface area is 167 Å². The van der Waals surface area contributed by atoms with Gasteiger partial charge in [0.25, 0.3) is 0 Å². The average molecular weight is 389 g/mol. The zero-order valence-corrected chi connectivity index (χ0v) is 16.9. The largest absolute Gasteiger partial charge is 0.385 e. The van der Waals surface area contributed by atoms with Crippen LogP contribution in [-0.4, -0.2) is 87.6 Å². The third-order valence-corrected chi connectivity index (χ3v) is 6.10. The van der Waals surface area contributed by atoms with E-state index < -0.39 is 5.79 Å². The number of likely N-dealkylation sites (N-methyl/N-ethyl adjacent to an activating group) is 1. The summed E-state index contributed by atoms with van der Waals surface area (Å²) in [6, 6.07) is 8.55. The molecule has 1 N–H and O–H groups in total. The van der Waals surface area contributed by atoms with Crippen LogP contribution in [0.1, 0.15) is 19.3 Å². The predicted molar refractivity (Wildman–Crippen MR) is 110 cm³/mol. The first-order chi connectivity index (χ1) is 13.6. The van der Waals surface area contributed by atoms with E-state index in [0.29, 0.717) is 26.2 Å². The average Bonchev–Trinajstić information content (AvgIpc) is 3.17. The van der Waals surface area contributed by atoms with E-state index in [1.807, 2.05) is 4.90 Å². The fourth-order valence-corrected chi connectivity index (χ4v) is 4.21. The van der Waals surface area contributed by atoms with E-state index >= 15 is 0 Å². The Morgan fingerprint density at radius 3 is 2.29 bits per heavy atom. The molecule has 3 aliphatic rings. The number of rotatable bonds is 5. The highest BCUT2D eigenvalue weighted by Crippen LogP contribution is 2.31. The number of amides is 1. The van der Waals surface area contributed by atoms with Gasteiger partial charge < -0.3 is 29.5 Å². The van der Waals surface area contributed by atoms with Crippen molar-refractivity contribution in [2.75, 3.05) is 76.3 Å². The smallest absolute Gasteiger partial charge is 0.224 e. The highest BCUT2D eigenvalue weighted by Gasteiger charge is 2.40. The lowest BCUT2D eigenvalue weighted by molar-refractivity contribution is -0.187. The predicted octanol–water partition coefficient (Wildman–Crippen LogP) is 1.61. The lowest BCUT2D eigenvalue weighted by atomic mass is 10.0. The van der Waals surface area contributed by atoms with E-state index in [0.717, 1.165) is 57.8 Å². The maximum absolute atomic E-state index is 12.5. The third-order valence-electron chi connectivity index (χ3n) is 6.10. The number of nitrogens with one attached hydrogen (secondary N) is 1. The SMILES string of the molecule is CN1CCN(c2ccc(NCCC(=O)N3CCC4(CC3)OCCO4)cc2)CC1. The highest BCUT2D eigenvalue weighted by molar-refractivity contribution is 5.77.